The molecule has 0 aliphatic carbocycles. The molecule has 1 amide bonds. The molecule has 0 atom stereocenters. The van der Waals surface area contributed by atoms with Crippen molar-refractivity contribution in [2.24, 2.45) is 0 Å². The van der Waals surface area contributed by atoms with Gasteiger partial charge in [0.1, 0.15) is 5.60 Å². The van der Waals surface area contributed by atoms with E-state index in [2.05, 4.69) is 10.5 Å². The topological polar surface area (TPSA) is 55.8 Å². The molecule has 1 saturated heterocycles. The smallest absolute Gasteiger partial charge is 0.415 e. The summed E-state index contributed by atoms with van der Waals surface area (Å²) in [6, 6.07) is 0. The van der Waals surface area contributed by atoms with Crippen molar-refractivity contribution in [2.45, 2.75) is 45.6 Å². The molecule has 0 spiro atoms. The van der Waals surface area contributed by atoms with E-state index >= 15 is 0 Å². The molecule has 0 saturated carbocycles. The van der Waals surface area contributed by atoms with Gasteiger partial charge in [-0.1, -0.05) is 5.73 Å². The summed E-state index contributed by atoms with van der Waals surface area (Å²) >= 11 is 0. The van der Waals surface area contributed by atoms with E-state index in [0.29, 0.717) is 0 Å². The van der Waals surface area contributed by atoms with Crippen LogP contribution in [0.4, 0.5) is 13.6 Å². The lowest BCUT2D eigenvalue weighted by Gasteiger charge is -2.24. The van der Waals surface area contributed by atoms with Crippen LogP contribution in [-0.4, -0.2) is 41.6 Å². The molecule has 0 aromatic carbocycles. The molecule has 0 bridgehead atoms. The lowest BCUT2D eigenvalue weighted by molar-refractivity contribution is -0.137. The quantitative estimate of drug-likeness (QED) is 0.447. The van der Waals surface area contributed by atoms with Gasteiger partial charge in [-0.05, 0) is 27.7 Å². The first-order valence-corrected chi connectivity index (χ1v) is 6.55. The van der Waals surface area contributed by atoms with Crippen LogP contribution in [0.15, 0.2) is 17.5 Å². The zero-order valence-electron chi connectivity index (χ0n) is 12.5. The van der Waals surface area contributed by atoms with E-state index in [4.69, 9.17) is 4.74 Å². The number of likely N-dealkylation sites (tertiary alicyclic amines) is 1. The van der Waals surface area contributed by atoms with E-state index in [1.54, 1.807) is 27.7 Å². The third kappa shape index (κ3) is 5.55. The molecule has 1 fully saturated rings. The average Bonchev–Trinajstić information content (AvgIpc) is 2.60. The number of ether oxygens (including phenoxy) is 2. The second kappa shape index (κ2) is 6.26. The molecule has 0 radical (unpaired) electrons. The molecule has 0 unspecified atom stereocenters. The molecule has 0 aromatic heterocycles. The number of esters is 1. The number of amides is 1. The van der Waals surface area contributed by atoms with Gasteiger partial charge < -0.3 is 9.47 Å². The number of halogens is 2. The van der Waals surface area contributed by atoms with Crippen LogP contribution in [-0.2, 0) is 14.3 Å². The minimum absolute atomic E-state index is 0.0951. The van der Waals surface area contributed by atoms with Crippen molar-refractivity contribution in [3.63, 3.8) is 0 Å². The van der Waals surface area contributed by atoms with Gasteiger partial charge in [0, 0.05) is 0 Å². The molecular formula is C14H19F2NO4. The van der Waals surface area contributed by atoms with E-state index in [-0.39, 0.29) is 12.3 Å². The summed E-state index contributed by atoms with van der Waals surface area (Å²) in [4.78, 5) is 23.9. The van der Waals surface area contributed by atoms with Crippen LogP contribution < -0.4 is 0 Å². The Morgan fingerprint density at radius 1 is 1.43 bits per heavy atom. The minimum atomic E-state index is -3.07. The Morgan fingerprint density at radius 3 is 2.57 bits per heavy atom. The van der Waals surface area contributed by atoms with E-state index in [9.17, 15) is 18.4 Å². The Morgan fingerprint density at radius 2 is 2.05 bits per heavy atom. The van der Waals surface area contributed by atoms with Gasteiger partial charge in [0.05, 0.1) is 31.3 Å². The Hall–Kier alpha value is -1.88. The van der Waals surface area contributed by atoms with Crippen LogP contribution in [0.3, 0.4) is 0 Å². The van der Waals surface area contributed by atoms with Crippen molar-refractivity contribution < 1.29 is 27.8 Å². The molecule has 0 aromatic rings. The highest BCUT2D eigenvalue weighted by atomic mass is 19.3. The third-order valence-electron chi connectivity index (χ3n) is 2.40. The zero-order valence-corrected chi connectivity index (χ0v) is 12.5. The Balaban J connectivity index is 2.97. The first-order chi connectivity index (χ1) is 9.54. The largest absolute Gasteiger partial charge is 0.462 e. The van der Waals surface area contributed by atoms with Crippen LogP contribution in [0.25, 0.3) is 0 Å². The monoisotopic (exact) mass is 303 g/mol. The predicted molar refractivity (Wildman–Crippen MR) is 70.7 cm³/mol. The SMILES string of the molecule is CCOC(=O)C=C=C1CC(F)(F)CN1C(=O)OC(C)(C)C. The van der Waals surface area contributed by atoms with Gasteiger partial charge in [-0.15, -0.1) is 0 Å². The molecule has 0 N–H and O–H groups in total. The number of hydrogen-bond acceptors (Lipinski definition) is 4. The molecule has 1 aliphatic heterocycles. The van der Waals surface area contributed by atoms with E-state index < -0.39 is 36.6 Å². The highest BCUT2D eigenvalue weighted by Crippen LogP contribution is 2.34. The zero-order chi connectivity index (χ0) is 16.3. The molecule has 5 nitrogen and oxygen atoms in total. The minimum Gasteiger partial charge on any atom is -0.462 e. The third-order valence-corrected chi connectivity index (χ3v) is 2.40. The van der Waals surface area contributed by atoms with Crippen LogP contribution >= 0.6 is 0 Å². The number of carbonyl (C=O) groups is 2. The van der Waals surface area contributed by atoms with Gasteiger partial charge in [-0.2, -0.15) is 0 Å². The van der Waals surface area contributed by atoms with Gasteiger partial charge in [-0.3, -0.25) is 4.90 Å². The van der Waals surface area contributed by atoms with Crippen molar-refractivity contribution in [1.82, 2.24) is 4.90 Å². The number of carbonyl (C=O) groups excluding carboxylic acids is 2. The summed E-state index contributed by atoms with van der Waals surface area (Å²) in [5.41, 5.74) is 1.51. The summed E-state index contributed by atoms with van der Waals surface area (Å²) in [7, 11) is 0. The maximum atomic E-state index is 13.5. The lowest BCUT2D eigenvalue weighted by Crippen LogP contribution is -2.36. The van der Waals surface area contributed by atoms with E-state index in [0.717, 1.165) is 11.0 Å². The fourth-order valence-corrected chi connectivity index (χ4v) is 1.67. The van der Waals surface area contributed by atoms with Crippen molar-refractivity contribution >= 4 is 12.1 Å². The molecule has 7 heteroatoms. The standard InChI is InChI=1S/C14H19F2NO4/c1-5-20-11(18)7-6-10-8-14(15,16)9-17(10)12(19)21-13(2,3)4/h7H,5,8-9H2,1-4H3. The average molecular weight is 303 g/mol. The molecule has 1 heterocycles. The fraction of sp³-hybridized carbons (Fsp3) is 0.643. The van der Waals surface area contributed by atoms with E-state index in [1.165, 1.54) is 0 Å². The lowest BCUT2D eigenvalue weighted by atomic mass is 10.2. The number of nitrogens with zero attached hydrogens (tertiary/aromatic N) is 1. The first-order valence-electron chi connectivity index (χ1n) is 6.55. The van der Waals surface area contributed by atoms with Gasteiger partial charge >= 0.3 is 12.1 Å². The summed E-state index contributed by atoms with van der Waals surface area (Å²) < 4.78 is 36.6. The molecule has 21 heavy (non-hydrogen) atoms. The summed E-state index contributed by atoms with van der Waals surface area (Å²) in [5.74, 6) is -3.77. The Bertz CT molecular complexity index is 488. The second-order valence-electron chi connectivity index (χ2n) is 5.59. The highest BCUT2D eigenvalue weighted by molar-refractivity contribution is 5.82. The Labute approximate surface area is 122 Å². The van der Waals surface area contributed by atoms with E-state index in [1.807, 2.05) is 0 Å². The molecule has 1 aliphatic rings. The predicted octanol–water partition coefficient (Wildman–Crippen LogP) is 2.86. The van der Waals surface area contributed by atoms with Crippen molar-refractivity contribution in [2.75, 3.05) is 13.2 Å². The van der Waals surface area contributed by atoms with Crippen molar-refractivity contribution in [3.05, 3.63) is 17.5 Å². The number of hydrogen-bond donors (Lipinski definition) is 0. The summed E-state index contributed by atoms with van der Waals surface area (Å²) in [6.07, 6.45) is -0.667. The van der Waals surface area contributed by atoms with Crippen LogP contribution in [0.1, 0.15) is 34.1 Å². The summed E-state index contributed by atoms with van der Waals surface area (Å²) in [5, 5.41) is 0. The second-order valence-corrected chi connectivity index (χ2v) is 5.59. The van der Waals surface area contributed by atoms with Crippen LogP contribution in [0, 0.1) is 0 Å². The summed E-state index contributed by atoms with van der Waals surface area (Å²) in [6.45, 7) is 5.90. The van der Waals surface area contributed by atoms with Gasteiger partial charge in [0.25, 0.3) is 5.92 Å². The van der Waals surface area contributed by atoms with Crippen LogP contribution in [0.5, 0.6) is 0 Å². The van der Waals surface area contributed by atoms with Gasteiger partial charge in [0.2, 0.25) is 0 Å². The maximum Gasteiger partial charge on any atom is 0.415 e. The normalized spacial score (nSPS) is 17.2. The fourth-order valence-electron chi connectivity index (χ4n) is 1.67. The van der Waals surface area contributed by atoms with Crippen molar-refractivity contribution in [1.29, 1.82) is 0 Å². The van der Waals surface area contributed by atoms with Crippen LogP contribution in [0.2, 0.25) is 0 Å². The molecule has 118 valence electrons. The maximum absolute atomic E-state index is 13.5. The van der Waals surface area contributed by atoms with Gasteiger partial charge in [-0.25, -0.2) is 18.4 Å². The molecule has 1 rings (SSSR count). The number of alkyl halides is 2. The van der Waals surface area contributed by atoms with Crippen molar-refractivity contribution in [3.8, 4) is 0 Å². The van der Waals surface area contributed by atoms with Gasteiger partial charge in [0.15, 0.2) is 0 Å². The molecular weight excluding hydrogens is 284 g/mol. The number of rotatable bonds is 2. The highest BCUT2D eigenvalue weighted by Gasteiger charge is 2.45. The Kier molecular flexibility index (Phi) is 5.12. The first kappa shape index (κ1) is 17.2.